The van der Waals surface area contributed by atoms with Gasteiger partial charge in [-0.3, -0.25) is 0 Å². The minimum absolute atomic E-state index is 0.641. The van der Waals surface area contributed by atoms with E-state index in [0.29, 0.717) is 6.04 Å². The van der Waals surface area contributed by atoms with E-state index in [-0.39, 0.29) is 0 Å². The van der Waals surface area contributed by atoms with Crippen LogP contribution in [0.3, 0.4) is 0 Å². The van der Waals surface area contributed by atoms with Gasteiger partial charge in [-0.05, 0) is 41.9 Å². The van der Waals surface area contributed by atoms with Crippen molar-refractivity contribution < 1.29 is 0 Å². The van der Waals surface area contributed by atoms with Gasteiger partial charge in [0, 0.05) is 20.8 Å². The second kappa shape index (κ2) is 8.26. The molecule has 1 N–H and O–H groups in total. The van der Waals surface area contributed by atoms with Crippen molar-refractivity contribution >= 4 is 27.3 Å². The van der Waals surface area contributed by atoms with E-state index in [4.69, 9.17) is 0 Å². The van der Waals surface area contributed by atoms with E-state index in [1.807, 2.05) is 11.3 Å². The summed E-state index contributed by atoms with van der Waals surface area (Å²) in [6.07, 6.45) is 7.89. The first-order valence-corrected chi connectivity index (χ1v) is 7.83. The Morgan fingerprint density at radius 1 is 1.38 bits per heavy atom. The summed E-state index contributed by atoms with van der Waals surface area (Å²) in [6.45, 7) is 2.26. The Labute approximate surface area is 112 Å². The van der Waals surface area contributed by atoms with Gasteiger partial charge >= 0.3 is 0 Å². The maximum Gasteiger partial charge on any atom is 0.0285 e. The van der Waals surface area contributed by atoms with Crippen LogP contribution in [0.5, 0.6) is 0 Å². The molecular weight excluding hydrogens is 282 g/mol. The molecule has 0 spiro atoms. The third-order valence-electron chi connectivity index (χ3n) is 2.88. The van der Waals surface area contributed by atoms with Gasteiger partial charge in [0.25, 0.3) is 0 Å². The molecule has 1 heterocycles. The summed E-state index contributed by atoms with van der Waals surface area (Å²) in [6, 6.07) is 2.88. The Morgan fingerprint density at radius 3 is 2.75 bits per heavy atom. The molecule has 1 nitrogen and oxygen atoms in total. The maximum absolute atomic E-state index is 3.51. The van der Waals surface area contributed by atoms with Crippen molar-refractivity contribution in [1.82, 2.24) is 5.32 Å². The van der Waals surface area contributed by atoms with Crippen LogP contribution in [0.15, 0.2) is 15.9 Å². The van der Waals surface area contributed by atoms with Crippen molar-refractivity contribution in [2.24, 2.45) is 0 Å². The molecule has 0 saturated heterocycles. The van der Waals surface area contributed by atoms with E-state index in [1.54, 1.807) is 0 Å². The molecule has 0 aliphatic rings. The summed E-state index contributed by atoms with van der Waals surface area (Å²) in [4.78, 5) is 1.47. The van der Waals surface area contributed by atoms with Crippen molar-refractivity contribution in [2.75, 3.05) is 7.05 Å². The minimum Gasteiger partial charge on any atom is -0.317 e. The van der Waals surface area contributed by atoms with Gasteiger partial charge < -0.3 is 5.32 Å². The Balaban J connectivity index is 2.26. The number of likely N-dealkylation sites (N-methyl/N-ethyl adjacent to an activating group) is 1. The second-order valence-electron chi connectivity index (χ2n) is 4.27. The average molecular weight is 304 g/mol. The highest BCUT2D eigenvalue weighted by molar-refractivity contribution is 9.10. The van der Waals surface area contributed by atoms with Gasteiger partial charge in [0.05, 0.1) is 0 Å². The first kappa shape index (κ1) is 14.2. The van der Waals surface area contributed by atoms with E-state index >= 15 is 0 Å². The first-order valence-electron chi connectivity index (χ1n) is 6.16. The zero-order chi connectivity index (χ0) is 11.8. The first-order chi connectivity index (χ1) is 7.76. The van der Waals surface area contributed by atoms with Crippen LogP contribution in [0.4, 0.5) is 0 Å². The standard InChI is InChI=1S/C13H22BrNS/c1-3-4-5-6-7-12(15-2)9-13-8-11(14)10-16-13/h8,10,12,15H,3-7,9H2,1-2H3. The fourth-order valence-corrected chi connectivity index (χ4v) is 3.40. The molecule has 0 amide bonds. The summed E-state index contributed by atoms with van der Waals surface area (Å²) in [5.41, 5.74) is 0. The lowest BCUT2D eigenvalue weighted by Crippen LogP contribution is -2.27. The Kier molecular flexibility index (Phi) is 7.33. The smallest absolute Gasteiger partial charge is 0.0285 e. The fourth-order valence-electron chi connectivity index (χ4n) is 1.87. The molecule has 1 aromatic rings. The highest BCUT2D eigenvalue weighted by Crippen LogP contribution is 2.22. The van der Waals surface area contributed by atoms with Crippen molar-refractivity contribution in [1.29, 1.82) is 0 Å². The fraction of sp³-hybridized carbons (Fsp3) is 0.692. The zero-order valence-electron chi connectivity index (χ0n) is 10.3. The zero-order valence-corrected chi connectivity index (χ0v) is 12.7. The molecule has 0 aromatic carbocycles. The van der Waals surface area contributed by atoms with Crippen molar-refractivity contribution in [3.05, 3.63) is 20.8 Å². The van der Waals surface area contributed by atoms with Crippen LogP contribution >= 0.6 is 27.3 Å². The molecule has 0 aliphatic heterocycles. The van der Waals surface area contributed by atoms with Crippen molar-refractivity contribution in [3.8, 4) is 0 Å². The molecule has 1 aromatic heterocycles. The number of thiophene rings is 1. The van der Waals surface area contributed by atoms with Crippen LogP contribution in [-0.4, -0.2) is 13.1 Å². The molecule has 0 fully saturated rings. The molecule has 1 rings (SSSR count). The number of halogens is 1. The van der Waals surface area contributed by atoms with Crippen LogP contribution in [0.1, 0.15) is 43.9 Å². The lowest BCUT2D eigenvalue weighted by molar-refractivity contribution is 0.487. The summed E-state index contributed by atoms with van der Waals surface area (Å²) >= 11 is 5.36. The topological polar surface area (TPSA) is 12.0 Å². The van der Waals surface area contributed by atoms with Gasteiger partial charge in [-0.25, -0.2) is 0 Å². The predicted octanol–water partition coefficient (Wildman–Crippen LogP) is 4.61. The summed E-state index contributed by atoms with van der Waals surface area (Å²) < 4.78 is 1.22. The molecule has 92 valence electrons. The average Bonchev–Trinajstić information content (AvgIpc) is 2.68. The number of rotatable bonds is 8. The van der Waals surface area contributed by atoms with Crippen molar-refractivity contribution in [2.45, 2.75) is 51.5 Å². The molecule has 0 aliphatic carbocycles. The monoisotopic (exact) mass is 303 g/mol. The van der Waals surface area contributed by atoms with Gasteiger partial charge in [0.2, 0.25) is 0 Å². The van der Waals surface area contributed by atoms with Crippen LogP contribution in [0.25, 0.3) is 0 Å². The third-order valence-corrected chi connectivity index (χ3v) is 4.60. The Morgan fingerprint density at radius 2 is 2.19 bits per heavy atom. The molecule has 0 saturated carbocycles. The largest absolute Gasteiger partial charge is 0.317 e. The predicted molar refractivity (Wildman–Crippen MR) is 77.3 cm³/mol. The molecule has 3 heteroatoms. The van der Waals surface area contributed by atoms with E-state index in [1.165, 1.54) is 47.9 Å². The maximum atomic E-state index is 3.51. The molecule has 0 bridgehead atoms. The quantitative estimate of drug-likeness (QED) is 0.691. The third kappa shape index (κ3) is 5.46. The summed E-state index contributed by atoms with van der Waals surface area (Å²) in [5, 5.41) is 5.59. The number of nitrogens with one attached hydrogen (secondary N) is 1. The van der Waals surface area contributed by atoms with E-state index < -0.39 is 0 Å². The molecule has 1 atom stereocenters. The summed E-state index contributed by atoms with van der Waals surface area (Å²) in [7, 11) is 2.08. The van der Waals surface area contributed by atoms with Crippen molar-refractivity contribution in [3.63, 3.8) is 0 Å². The van der Waals surface area contributed by atoms with Gasteiger partial charge in [-0.2, -0.15) is 0 Å². The van der Waals surface area contributed by atoms with E-state index in [2.05, 4.69) is 46.7 Å². The van der Waals surface area contributed by atoms with Gasteiger partial charge in [-0.1, -0.05) is 32.6 Å². The molecule has 16 heavy (non-hydrogen) atoms. The minimum atomic E-state index is 0.641. The van der Waals surface area contributed by atoms with Crippen LogP contribution in [0.2, 0.25) is 0 Å². The normalized spacial score (nSPS) is 12.9. The van der Waals surface area contributed by atoms with Crippen LogP contribution in [-0.2, 0) is 6.42 Å². The molecule has 0 radical (unpaired) electrons. The van der Waals surface area contributed by atoms with E-state index in [0.717, 1.165) is 0 Å². The van der Waals surface area contributed by atoms with Crippen LogP contribution in [0, 0.1) is 0 Å². The molecular formula is C13H22BrNS. The number of unbranched alkanes of at least 4 members (excludes halogenated alkanes) is 3. The van der Waals surface area contributed by atoms with Gasteiger partial charge in [0.15, 0.2) is 0 Å². The lowest BCUT2D eigenvalue weighted by atomic mass is 10.0. The van der Waals surface area contributed by atoms with E-state index in [9.17, 15) is 0 Å². The number of hydrogen-bond acceptors (Lipinski definition) is 2. The summed E-state index contributed by atoms with van der Waals surface area (Å²) in [5.74, 6) is 0. The van der Waals surface area contributed by atoms with Gasteiger partial charge in [-0.15, -0.1) is 11.3 Å². The highest BCUT2D eigenvalue weighted by Gasteiger charge is 2.08. The Hall–Kier alpha value is 0.140. The Bertz CT molecular complexity index is 285. The van der Waals surface area contributed by atoms with Crippen LogP contribution < -0.4 is 5.32 Å². The number of hydrogen-bond donors (Lipinski definition) is 1. The SMILES string of the molecule is CCCCCCC(Cc1cc(Br)cs1)NC. The lowest BCUT2D eigenvalue weighted by Gasteiger charge is -2.14. The highest BCUT2D eigenvalue weighted by atomic mass is 79.9. The molecule has 1 unspecified atom stereocenters. The van der Waals surface area contributed by atoms with Gasteiger partial charge in [0.1, 0.15) is 0 Å². The second-order valence-corrected chi connectivity index (χ2v) is 6.18.